The molecule has 0 amide bonds. The van der Waals surface area contributed by atoms with E-state index in [0.717, 1.165) is 18.7 Å². The summed E-state index contributed by atoms with van der Waals surface area (Å²) in [5, 5.41) is 0. The molecular weight excluding hydrogens is 208 g/mol. The summed E-state index contributed by atoms with van der Waals surface area (Å²) in [5.74, 6) is 0.680. The molecule has 0 unspecified atom stereocenters. The predicted molar refractivity (Wildman–Crippen MR) is 66.2 cm³/mol. The van der Waals surface area contributed by atoms with Crippen LogP contribution in [-0.2, 0) is 0 Å². The summed E-state index contributed by atoms with van der Waals surface area (Å²) in [6, 6.07) is 1.80. The van der Waals surface area contributed by atoms with Crippen molar-refractivity contribution in [3.63, 3.8) is 0 Å². The third-order valence-corrected chi connectivity index (χ3v) is 2.20. The van der Waals surface area contributed by atoms with Crippen LogP contribution in [-0.4, -0.2) is 28.5 Å². The van der Waals surface area contributed by atoms with Crippen molar-refractivity contribution in [1.82, 2.24) is 9.97 Å². The van der Waals surface area contributed by atoms with Crippen LogP contribution in [0.15, 0.2) is 6.07 Å². The summed E-state index contributed by atoms with van der Waals surface area (Å²) in [4.78, 5) is 10.9. The number of nitrogens with zero attached hydrogens (tertiary/aromatic N) is 3. The molecule has 0 saturated carbocycles. The van der Waals surface area contributed by atoms with E-state index in [-0.39, 0.29) is 0 Å². The molecule has 5 heteroatoms. The molecule has 0 spiro atoms. The fraction of sp³-hybridized carbons (Fsp3) is 0.500. The highest BCUT2D eigenvalue weighted by Crippen LogP contribution is 2.09. The first-order chi connectivity index (χ1) is 7.04. The van der Waals surface area contributed by atoms with Crippen molar-refractivity contribution < 1.29 is 0 Å². The Morgan fingerprint density at radius 1 is 1.53 bits per heavy atom. The summed E-state index contributed by atoms with van der Waals surface area (Å²) >= 11 is 4.90. The van der Waals surface area contributed by atoms with E-state index in [1.807, 2.05) is 18.9 Å². The number of nitrogens with two attached hydrogens (primary N) is 1. The van der Waals surface area contributed by atoms with Crippen molar-refractivity contribution in [3.8, 4) is 0 Å². The third-order valence-electron chi connectivity index (χ3n) is 2.00. The van der Waals surface area contributed by atoms with Gasteiger partial charge in [-0.2, -0.15) is 0 Å². The van der Waals surface area contributed by atoms with Crippen LogP contribution in [0.25, 0.3) is 0 Å². The van der Waals surface area contributed by atoms with Crippen molar-refractivity contribution in [2.45, 2.75) is 20.3 Å². The highest BCUT2D eigenvalue weighted by atomic mass is 32.1. The van der Waals surface area contributed by atoms with Crippen molar-refractivity contribution in [3.05, 3.63) is 17.5 Å². The SMILES string of the molecule is CCCN(C)c1nc(C)cc(C(N)=S)n1. The van der Waals surface area contributed by atoms with Gasteiger partial charge in [0.25, 0.3) is 0 Å². The molecule has 0 fully saturated rings. The largest absolute Gasteiger partial charge is 0.388 e. The fourth-order valence-corrected chi connectivity index (χ4v) is 1.39. The summed E-state index contributed by atoms with van der Waals surface area (Å²) in [6.45, 7) is 4.94. The molecule has 2 N–H and O–H groups in total. The van der Waals surface area contributed by atoms with Crippen LogP contribution in [0.5, 0.6) is 0 Å². The first-order valence-electron chi connectivity index (χ1n) is 4.91. The van der Waals surface area contributed by atoms with Gasteiger partial charge in [-0.15, -0.1) is 0 Å². The molecule has 82 valence electrons. The minimum absolute atomic E-state index is 0.312. The van der Waals surface area contributed by atoms with E-state index >= 15 is 0 Å². The minimum Gasteiger partial charge on any atom is -0.388 e. The summed E-state index contributed by atoms with van der Waals surface area (Å²) < 4.78 is 0. The van der Waals surface area contributed by atoms with Crippen molar-refractivity contribution in [2.75, 3.05) is 18.5 Å². The zero-order valence-corrected chi connectivity index (χ0v) is 10.1. The number of anilines is 1. The molecule has 0 aliphatic rings. The number of hydrogen-bond donors (Lipinski definition) is 1. The highest BCUT2D eigenvalue weighted by Gasteiger charge is 2.07. The quantitative estimate of drug-likeness (QED) is 0.780. The Morgan fingerprint density at radius 2 is 2.20 bits per heavy atom. The second kappa shape index (κ2) is 5.02. The lowest BCUT2D eigenvalue weighted by Gasteiger charge is -2.16. The summed E-state index contributed by atoms with van der Waals surface area (Å²) in [5.41, 5.74) is 7.06. The average molecular weight is 224 g/mol. The van der Waals surface area contributed by atoms with Crippen LogP contribution in [0, 0.1) is 6.92 Å². The minimum atomic E-state index is 0.312. The van der Waals surface area contributed by atoms with Crippen molar-refractivity contribution in [2.24, 2.45) is 5.73 Å². The van der Waals surface area contributed by atoms with E-state index in [1.165, 1.54) is 0 Å². The number of hydrogen-bond acceptors (Lipinski definition) is 4. The first-order valence-corrected chi connectivity index (χ1v) is 5.32. The molecule has 1 rings (SSSR count). The van der Waals surface area contributed by atoms with Gasteiger partial charge in [-0.25, -0.2) is 9.97 Å². The van der Waals surface area contributed by atoms with Gasteiger partial charge in [0, 0.05) is 19.3 Å². The van der Waals surface area contributed by atoms with Crippen molar-refractivity contribution >= 4 is 23.2 Å². The molecule has 15 heavy (non-hydrogen) atoms. The zero-order valence-electron chi connectivity index (χ0n) is 9.32. The molecule has 0 aliphatic heterocycles. The maximum absolute atomic E-state index is 5.55. The van der Waals surface area contributed by atoms with Gasteiger partial charge in [0.2, 0.25) is 5.95 Å². The topological polar surface area (TPSA) is 55.0 Å². The molecule has 0 aliphatic carbocycles. The highest BCUT2D eigenvalue weighted by molar-refractivity contribution is 7.80. The second-order valence-corrected chi connectivity index (χ2v) is 3.92. The third kappa shape index (κ3) is 3.13. The van der Waals surface area contributed by atoms with Gasteiger partial charge in [-0.3, -0.25) is 0 Å². The summed E-state index contributed by atoms with van der Waals surface area (Å²) in [6.07, 6.45) is 1.05. The van der Waals surface area contributed by atoms with E-state index in [9.17, 15) is 0 Å². The Labute approximate surface area is 95.5 Å². The standard InChI is InChI=1S/C10H16N4S/c1-4-5-14(3)10-12-7(2)6-8(13-10)9(11)15/h6H,4-5H2,1-3H3,(H2,11,15). The van der Waals surface area contributed by atoms with Gasteiger partial charge in [-0.05, 0) is 19.4 Å². The Bertz CT molecular complexity index is 364. The maximum Gasteiger partial charge on any atom is 0.225 e. The molecule has 1 heterocycles. The molecule has 1 aromatic rings. The van der Waals surface area contributed by atoms with E-state index in [0.29, 0.717) is 16.6 Å². The molecular formula is C10H16N4S. The van der Waals surface area contributed by atoms with Crippen LogP contribution in [0.3, 0.4) is 0 Å². The smallest absolute Gasteiger partial charge is 0.225 e. The monoisotopic (exact) mass is 224 g/mol. The predicted octanol–water partition coefficient (Wildman–Crippen LogP) is 1.27. The van der Waals surface area contributed by atoms with Gasteiger partial charge in [-0.1, -0.05) is 19.1 Å². The number of thiocarbonyl (C=S) groups is 1. The normalized spacial score (nSPS) is 10.1. The van der Waals surface area contributed by atoms with Gasteiger partial charge >= 0.3 is 0 Å². The van der Waals surface area contributed by atoms with E-state index in [1.54, 1.807) is 6.07 Å². The summed E-state index contributed by atoms with van der Waals surface area (Å²) in [7, 11) is 1.96. The number of rotatable bonds is 4. The van der Waals surface area contributed by atoms with Crippen LogP contribution in [0.4, 0.5) is 5.95 Å². The lowest BCUT2D eigenvalue weighted by molar-refractivity contribution is 0.814. The number of aryl methyl sites for hydroxylation is 1. The Kier molecular flexibility index (Phi) is 3.96. The molecule has 0 atom stereocenters. The molecule has 4 nitrogen and oxygen atoms in total. The van der Waals surface area contributed by atoms with Crippen LogP contribution < -0.4 is 10.6 Å². The Morgan fingerprint density at radius 3 is 2.73 bits per heavy atom. The second-order valence-electron chi connectivity index (χ2n) is 3.48. The first kappa shape index (κ1) is 11.8. The van der Waals surface area contributed by atoms with Gasteiger partial charge < -0.3 is 10.6 Å². The number of aromatic nitrogens is 2. The molecule has 1 aromatic heterocycles. The lowest BCUT2D eigenvalue weighted by Crippen LogP contribution is -2.23. The fourth-order valence-electron chi connectivity index (χ4n) is 1.29. The van der Waals surface area contributed by atoms with Gasteiger partial charge in [0.1, 0.15) is 10.7 Å². The van der Waals surface area contributed by atoms with E-state index in [4.69, 9.17) is 18.0 Å². The molecule has 0 radical (unpaired) electrons. The zero-order chi connectivity index (χ0) is 11.4. The molecule has 0 bridgehead atoms. The van der Waals surface area contributed by atoms with Gasteiger partial charge in [0.15, 0.2) is 0 Å². The van der Waals surface area contributed by atoms with Gasteiger partial charge in [0.05, 0.1) is 0 Å². The van der Waals surface area contributed by atoms with Crippen LogP contribution in [0.1, 0.15) is 24.7 Å². The lowest BCUT2D eigenvalue weighted by atomic mass is 10.3. The van der Waals surface area contributed by atoms with Crippen molar-refractivity contribution in [1.29, 1.82) is 0 Å². The van der Waals surface area contributed by atoms with Crippen LogP contribution >= 0.6 is 12.2 Å². The Balaban J connectivity index is 3.03. The average Bonchev–Trinajstić information content (AvgIpc) is 2.17. The molecule has 0 saturated heterocycles. The van der Waals surface area contributed by atoms with E-state index in [2.05, 4.69) is 16.9 Å². The maximum atomic E-state index is 5.55. The van der Waals surface area contributed by atoms with E-state index < -0.39 is 0 Å². The van der Waals surface area contributed by atoms with Crippen LogP contribution in [0.2, 0.25) is 0 Å². The Hall–Kier alpha value is -1.23. The molecule has 0 aromatic carbocycles.